The van der Waals surface area contributed by atoms with Crippen LogP contribution in [0.5, 0.6) is 5.19 Å². The molecule has 1 fully saturated rings. The van der Waals surface area contributed by atoms with Gasteiger partial charge in [-0.15, -0.1) is 10.2 Å². The number of aliphatic hydroxyl groups is 1. The second-order valence-corrected chi connectivity index (χ2v) is 6.19. The molecule has 1 aromatic heterocycles. The summed E-state index contributed by atoms with van der Waals surface area (Å²) >= 11 is 1.53. The van der Waals surface area contributed by atoms with Crippen LogP contribution >= 0.6 is 11.3 Å². The second-order valence-electron chi connectivity index (χ2n) is 5.17. The molecular formula is C13H24N4O2S. The molecule has 0 aromatic carbocycles. The fourth-order valence-corrected chi connectivity index (χ4v) is 3.55. The molecule has 20 heavy (non-hydrogen) atoms. The molecule has 0 amide bonds. The Labute approximate surface area is 124 Å². The number of hydrogen-bond acceptors (Lipinski definition) is 7. The molecule has 1 aliphatic heterocycles. The van der Waals surface area contributed by atoms with Gasteiger partial charge in [0.2, 0.25) is 0 Å². The third-order valence-electron chi connectivity index (χ3n) is 3.92. The maximum atomic E-state index is 9.05. The molecule has 2 rings (SSSR count). The van der Waals surface area contributed by atoms with E-state index in [1.807, 2.05) is 6.92 Å². The molecule has 1 saturated heterocycles. The number of ether oxygens (including phenoxy) is 1. The Balaban J connectivity index is 1.90. The number of likely N-dealkylation sites (N-methyl/N-ethyl adjacent to an activating group) is 1. The summed E-state index contributed by atoms with van der Waals surface area (Å²) < 4.78 is 5.36. The van der Waals surface area contributed by atoms with Gasteiger partial charge in [0.1, 0.15) is 5.01 Å². The standard InChI is InChI=1S/C13H24N4O2S/c1-4-19-13-15-14-12(20-13)9-17-6-5-11(10(17)2)16(3)7-8-18/h10-11,18H,4-9H2,1-3H3/t10-,11-/m1/s1. The molecule has 2 heterocycles. The van der Waals surface area contributed by atoms with Gasteiger partial charge in [-0.3, -0.25) is 9.80 Å². The van der Waals surface area contributed by atoms with Gasteiger partial charge in [0.05, 0.1) is 19.8 Å². The minimum atomic E-state index is 0.216. The van der Waals surface area contributed by atoms with E-state index in [4.69, 9.17) is 9.84 Å². The van der Waals surface area contributed by atoms with Gasteiger partial charge in [-0.2, -0.15) is 0 Å². The van der Waals surface area contributed by atoms with Crippen molar-refractivity contribution in [2.24, 2.45) is 0 Å². The molecule has 7 heteroatoms. The predicted octanol–water partition coefficient (Wildman–Crippen LogP) is 0.824. The number of aromatic nitrogens is 2. The lowest BCUT2D eigenvalue weighted by molar-refractivity contribution is 0.144. The number of aliphatic hydroxyl groups excluding tert-OH is 1. The molecule has 1 aliphatic rings. The fourth-order valence-electron chi connectivity index (χ4n) is 2.78. The molecular weight excluding hydrogens is 276 g/mol. The van der Waals surface area contributed by atoms with Crippen LogP contribution in [0.3, 0.4) is 0 Å². The Morgan fingerprint density at radius 3 is 3.00 bits per heavy atom. The molecule has 0 aliphatic carbocycles. The van der Waals surface area contributed by atoms with Crippen molar-refractivity contribution in [1.82, 2.24) is 20.0 Å². The molecule has 1 N–H and O–H groups in total. The van der Waals surface area contributed by atoms with E-state index in [2.05, 4.69) is 34.0 Å². The molecule has 0 radical (unpaired) electrons. The Hall–Kier alpha value is -0.760. The van der Waals surface area contributed by atoms with Gasteiger partial charge >= 0.3 is 0 Å². The summed E-state index contributed by atoms with van der Waals surface area (Å²) in [6.07, 6.45) is 1.13. The zero-order valence-corrected chi connectivity index (χ0v) is 13.3. The lowest BCUT2D eigenvalue weighted by Crippen LogP contribution is -2.42. The van der Waals surface area contributed by atoms with Crippen molar-refractivity contribution < 1.29 is 9.84 Å². The fraction of sp³-hybridized carbons (Fsp3) is 0.846. The first-order valence-electron chi connectivity index (χ1n) is 7.16. The highest BCUT2D eigenvalue weighted by atomic mass is 32.1. The maximum Gasteiger partial charge on any atom is 0.294 e. The number of hydrogen-bond donors (Lipinski definition) is 1. The van der Waals surface area contributed by atoms with Crippen molar-refractivity contribution in [2.75, 3.05) is 33.4 Å². The molecule has 1 aromatic rings. The summed E-state index contributed by atoms with van der Waals surface area (Å²) in [5.41, 5.74) is 0. The van der Waals surface area contributed by atoms with Crippen molar-refractivity contribution in [1.29, 1.82) is 0 Å². The summed E-state index contributed by atoms with van der Waals surface area (Å²) in [6, 6.07) is 0.965. The van der Waals surface area contributed by atoms with Crippen LogP contribution in [0.25, 0.3) is 0 Å². The Kier molecular flexibility index (Phi) is 5.71. The molecule has 0 saturated carbocycles. The van der Waals surface area contributed by atoms with E-state index in [1.54, 1.807) is 0 Å². The molecule has 2 atom stereocenters. The number of rotatable bonds is 7. The van der Waals surface area contributed by atoms with Crippen molar-refractivity contribution in [2.45, 2.75) is 38.9 Å². The van der Waals surface area contributed by atoms with Crippen molar-refractivity contribution >= 4 is 11.3 Å². The van der Waals surface area contributed by atoms with Crippen LogP contribution in [0.2, 0.25) is 0 Å². The van der Waals surface area contributed by atoms with E-state index in [0.29, 0.717) is 23.9 Å². The molecule has 114 valence electrons. The van der Waals surface area contributed by atoms with Gasteiger partial charge in [-0.05, 0) is 27.3 Å². The van der Waals surface area contributed by atoms with Crippen LogP contribution in [0.4, 0.5) is 0 Å². The molecule has 0 unspecified atom stereocenters. The third kappa shape index (κ3) is 3.66. The predicted molar refractivity (Wildman–Crippen MR) is 79.1 cm³/mol. The Morgan fingerprint density at radius 2 is 2.30 bits per heavy atom. The van der Waals surface area contributed by atoms with Crippen LogP contribution in [0.15, 0.2) is 0 Å². The van der Waals surface area contributed by atoms with Gasteiger partial charge in [0, 0.05) is 25.2 Å². The van der Waals surface area contributed by atoms with Gasteiger partial charge in [0.15, 0.2) is 0 Å². The Bertz CT molecular complexity index is 415. The lowest BCUT2D eigenvalue weighted by atomic mass is 10.1. The van der Waals surface area contributed by atoms with Crippen LogP contribution in [0, 0.1) is 0 Å². The number of nitrogens with zero attached hydrogens (tertiary/aromatic N) is 4. The molecule has 0 bridgehead atoms. The zero-order chi connectivity index (χ0) is 14.5. The maximum absolute atomic E-state index is 9.05. The summed E-state index contributed by atoms with van der Waals surface area (Å²) in [5.74, 6) is 0. The minimum Gasteiger partial charge on any atom is -0.469 e. The first kappa shape index (κ1) is 15.6. The normalized spacial score (nSPS) is 23.6. The van der Waals surface area contributed by atoms with Crippen molar-refractivity contribution in [3.05, 3.63) is 5.01 Å². The minimum absolute atomic E-state index is 0.216. The topological polar surface area (TPSA) is 61.7 Å². The molecule has 6 nitrogen and oxygen atoms in total. The molecule has 0 spiro atoms. The third-order valence-corrected chi connectivity index (χ3v) is 4.74. The quantitative estimate of drug-likeness (QED) is 0.804. The van der Waals surface area contributed by atoms with Crippen LogP contribution < -0.4 is 4.74 Å². The van der Waals surface area contributed by atoms with Crippen LogP contribution in [-0.2, 0) is 6.54 Å². The Morgan fingerprint density at radius 1 is 1.50 bits per heavy atom. The summed E-state index contributed by atoms with van der Waals surface area (Å²) in [5, 5.41) is 18.9. The average molecular weight is 300 g/mol. The highest BCUT2D eigenvalue weighted by Gasteiger charge is 2.33. The van der Waals surface area contributed by atoms with Gasteiger partial charge in [-0.25, -0.2) is 0 Å². The second kappa shape index (κ2) is 7.31. The van der Waals surface area contributed by atoms with E-state index >= 15 is 0 Å². The number of likely N-dealkylation sites (tertiary alicyclic amines) is 1. The smallest absolute Gasteiger partial charge is 0.294 e. The largest absolute Gasteiger partial charge is 0.469 e. The van der Waals surface area contributed by atoms with E-state index in [9.17, 15) is 0 Å². The first-order chi connectivity index (χ1) is 9.65. The highest BCUT2D eigenvalue weighted by Crippen LogP contribution is 2.26. The highest BCUT2D eigenvalue weighted by molar-refractivity contribution is 7.13. The zero-order valence-electron chi connectivity index (χ0n) is 12.4. The van der Waals surface area contributed by atoms with Crippen LogP contribution in [0.1, 0.15) is 25.3 Å². The monoisotopic (exact) mass is 300 g/mol. The summed E-state index contributed by atoms with van der Waals surface area (Å²) in [4.78, 5) is 4.67. The van der Waals surface area contributed by atoms with Gasteiger partial charge in [0.25, 0.3) is 5.19 Å². The summed E-state index contributed by atoms with van der Waals surface area (Å²) in [6.45, 7) is 7.66. The van der Waals surface area contributed by atoms with E-state index < -0.39 is 0 Å². The summed E-state index contributed by atoms with van der Waals surface area (Å²) in [7, 11) is 2.08. The first-order valence-corrected chi connectivity index (χ1v) is 7.97. The van der Waals surface area contributed by atoms with Crippen LogP contribution in [-0.4, -0.2) is 70.5 Å². The van der Waals surface area contributed by atoms with Crippen molar-refractivity contribution in [3.63, 3.8) is 0 Å². The van der Waals surface area contributed by atoms with Gasteiger partial charge in [-0.1, -0.05) is 11.3 Å². The van der Waals surface area contributed by atoms with Crippen molar-refractivity contribution in [3.8, 4) is 5.19 Å². The van der Waals surface area contributed by atoms with E-state index in [1.165, 1.54) is 11.3 Å². The average Bonchev–Trinajstić information content (AvgIpc) is 2.99. The lowest BCUT2D eigenvalue weighted by Gasteiger charge is -2.30. The van der Waals surface area contributed by atoms with Gasteiger partial charge < -0.3 is 9.84 Å². The van der Waals surface area contributed by atoms with E-state index in [-0.39, 0.29) is 6.61 Å². The van der Waals surface area contributed by atoms with E-state index in [0.717, 1.165) is 31.1 Å². The SMILES string of the molecule is CCOc1nnc(CN2CC[C@@H](N(C)CCO)[C@H]2C)s1.